The summed E-state index contributed by atoms with van der Waals surface area (Å²) < 4.78 is 0. The largest absolute Gasteiger partial charge is 0.369 e. The first-order valence-electron chi connectivity index (χ1n) is 4.62. The molecule has 0 aliphatic carbocycles. The average Bonchev–Trinajstić information content (AvgIpc) is 1.84. The molecule has 0 aliphatic rings. The van der Waals surface area contributed by atoms with E-state index in [4.69, 9.17) is 5.73 Å². The maximum atomic E-state index is 10.7. The lowest BCUT2D eigenvalue weighted by Crippen LogP contribution is -2.20. The number of carbonyl (C=O) groups is 1. The van der Waals surface area contributed by atoms with E-state index in [2.05, 4.69) is 20.8 Å². The molecule has 1 unspecified atom stereocenters. The molecule has 0 rings (SSSR count). The summed E-state index contributed by atoms with van der Waals surface area (Å²) in [6.07, 6.45) is 3.17. The predicted molar refractivity (Wildman–Crippen MR) is 51.7 cm³/mol. The summed E-state index contributed by atoms with van der Waals surface area (Å²) in [4.78, 5) is 10.7. The third kappa shape index (κ3) is 6.20. The summed E-state index contributed by atoms with van der Waals surface area (Å²) in [7, 11) is 0. The molecule has 72 valence electrons. The molecule has 0 fully saturated rings. The highest BCUT2D eigenvalue weighted by atomic mass is 16.1. The molecule has 0 aromatic carbocycles. The van der Waals surface area contributed by atoms with Crippen molar-refractivity contribution >= 4 is 5.91 Å². The number of hydrogen-bond acceptors (Lipinski definition) is 1. The number of nitrogens with two attached hydrogens (primary N) is 1. The highest BCUT2D eigenvalue weighted by Gasteiger charge is 2.12. The van der Waals surface area contributed by atoms with E-state index >= 15 is 0 Å². The highest BCUT2D eigenvalue weighted by molar-refractivity contribution is 5.76. The van der Waals surface area contributed by atoms with E-state index in [0.717, 1.165) is 19.3 Å². The van der Waals surface area contributed by atoms with Gasteiger partial charge in [0.2, 0.25) is 5.91 Å². The van der Waals surface area contributed by atoms with Crippen LogP contribution in [0.3, 0.4) is 0 Å². The zero-order valence-electron chi connectivity index (χ0n) is 8.68. The topological polar surface area (TPSA) is 43.1 Å². The van der Waals surface area contributed by atoms with Crippen molar-refractivity contribution in [3.63, 3.8) is 0 Å². The summed E-state index contributed by atoms with van der Waals surface area (Å²) in [6.45, 7) is 8.52. The highest BCUT2D eigenvalue weighted by Crippen LogP contribution is 2.22. The summed E-state index contributed by atoms with van der Waals surface area (Å²) in [5.41, 5.74) is 5.52. The average molecular weight is 171 g/mol. The molecule has 0 bridgehead atoms. The van der Waals surface area contributed by atoms with E-state index in [1.807, 2.05) is 6.92 Å². The minimum absolute atomic E-state index is 0.0346. The van der Waals surface area contributed by atoms with Crippen molar-refractivity contribution in [2.45, 2.75) is 47.0 Å². The number of carbonyl (C=O) groups excluding carboxylic acids is 1. The van der Waals surface area contributed by atoms with E-state index in [1.165, 1.54) is 0 Å². The molecule has 0 saturated heterocycles. The molecule has 12 heavy (non-hydrogen) atoms. The van der Waals surface area contributed by atoms with Gasteiger partial charge in [-0.3, -0.25) is 4.79 Å². The number of amides is 1. The summed E-state index contributed by atoms with van der Waals surface area (Å²) in [5, 5.41) is 0. The molecule has 0 radical (unpaired) electrons. The molecule has 0 heterocycles. The molecule has 1 amide bonds. The molecule has 2 nitrogen and oxygen atoms in total. The Kier molecular flexibility index (Phi) is 4.29. The van der Waals surface area contributed by atoms with Gasteiger partial charge < -0.3 is 5.73 Å². The van der Waals surface area contributed by atoms with Gasteiger partial charge in [-0.2, -0.15) is 0 Å². The molecule has 0 saturated carbocycles. The zero-order chi connectivity index (χ0) is 9.78. The maximum Gasteiger partial charge on any atom is 0.220 e. The molecule has 2 heteroatoms. The van der Waals surface area contributed by atoms with E-state index in [-0.39, 0.29) is 11.8 Å². The van der Waals surface area contributed by atoms with E-state index < -0.39 is 0 Å². The van der Waals surface area contributed by atoms with Crippen molar-refractivity contribution in [3.8, 4) is 0 Å². The molecular weight excluding hydrogens is 150 g/mol. The third-order valence-electron chi connectivity index (χ3n) is 2.05. The Hall–Kier alpha value is -0.530. The van der Waals surface area contributed by atoms with Crippen molar-refractivity contribution < 1.29 is 4.79 Å². The second-order valence-electron chi connectivity index (χ2n) is 4.76. The fourth-order valence-electron chi connectivity index (χ4n) is 1.08. The SMILES string of the molecule is CC(CCCC(C)(C)C)C(N)=O. The minimum Gasteiger partial charge on any atom is -0.369 e. The fraction of sp³-hybridized carbons (Fsp3) is 0.900. The van der Waals surface area contributed by atoms with Gasteiger partial charge in [-0.15, -0.1) is 0 Å². The van der Waals surface area contributed by atoms with Crippen LogP contribution in [0.1, 0.15) is 47.0 Å². The van der Waals surface area contributed by atoms with Gasteiger partial charge in [0.1, 0.15) is 0 Å². The molecule has 0 spiro atoms. The van der Waals surface area contributed by atoms with Crippen LogP contribution in [-0.4, -0.2) is 5.91 Å². The molecule has 0 aliphatic heterocycles. The smallest absolute Gasteiger partial charge is 0.220 e. The van der Waals surface area contributed by atoms with E-state index in [9.17, 15) is 4.79 Å². The molecular formula is C10H21NO. The fourth-order valence-corrected chi connectivity index (χ4v) is 1.08. The second kappa shape index (κ2) is 4.48. The predicted octanol–water partition coefficient (Wildman–Crippen LogP) is 2.32. The van der Waals surface area contributed by atoms with Crippen LogP contribution in [0, 0.1) is 11.3 Å². The van der Waals surface area contributed by atoms with Crippen LogP contribution in [0.15, 0.2) is 0 Å². The summed E-state index contributed by atoms with van der Waals surface area (Å²) >= 11 is 0. The van der Waals surface area contributed by atoms with Crippen LogP contribution < -0.4 is 5.73 Å². The minimum atomic E-state index is -0.177. The van der Waals surface area contributed by atoms with Crippen molar-refractivity contribution in [2.75, 3.05) is 0 Å². The summed E-state index contributed by atoms with van der Waals surface area (Å²) in [6, 6.07) is 0. The molecule has 1 atom stereocenters. The lowest BCUT2D eigenvalue weighted by atomic mass is 9.88. The lowest BCUT2D eigenvalue weighted by molar-refractivity contribution is -0.121. The third-order valence-corrected chi connectivity index (χ3v) is 2.05. The van der Waals surface area contributed by atoms with Gasteiger partial charge in [-0.25, -0.2) is 0 Å². The normalized spacial score (nSPS) is 14.3. The lowest BCUT2D eigenvalue weighted by Gasteiger charge is -2.18. The Morgan fingerprint density at radius 3 is 2.25 bits per heavy atom. The van der Waals surface area contributed by atoms with E-state index in [1.54, 1.807) is 0 Å². The summed E-state index contributed by atoms with van der Waals surface area (Å²) in [5.74, 6) is -0.142. The first kappa shape index (κ1) is 11.5. The van der Waals surface area contributed by atoms with Crippen molar-refractivity contribution in [3.05, 3.63) is 0 Å². The van der Waals surface area contributed by atoms with Crippen LogP contribution in [0.4, 0.5) is 0 Å². The Morgan fingerprint density at radius 1 is 1.42 bits per heavy atom. The molecule has 2 N–H and O–H groups in total. The standard InChI is InChI=1S/C10H21NO/c1-8(9(11)12)6-5-7-10(2,3)4/h8H,5-7H2,1-4H3,(H2,11,12). The van der Waals surface area contributed by atoms with Crippen molar-refractivity contribution in [1.29, 1.82) is 0 Å². The van der Waals surface area contributed by atoms with Gasteiger partial charge >= 0.3 is 0 Å². The Labute approximate surface area is 75.5 Å². The van der Waals surface area contributed by atoms with Gasteiger partial charge in [-0.1, -0.05) is 34.1 Å². The van der Waals surface area contributed by atoms with Crippen molar-refractivity contribution in [2.24, 2.45) is 17.1 Å². The van der Waals surface area contributed by atoms with Gasteiger partial charge in [0, 0.05) is 5.92 Å². The Balaban J connectivity index is 3.51. The first-order valence-corrected chi connectivity index (χ1v) is 4.62. The molecule has 0 aromatic rings. The van der Waals surface area contributed by atoms with Crippen LogP contribution >= 0.6 is 0 Å². The van der Waals surface area contributed by atoms with Gasteiger partial charge in [0.15, 0.2) is 0 Å². The van der Waals surface area contributed by atoms with Gasteiger partial charge in [-0.05, 0) is 18.3 Å². The van der Waals surface area contributed by atoms with Gasteiger partial charge in [0.05, 0.1) is 0 Å². The zero-order valence-corrected chi connectivity index (χ0v) is 8.68. The quantitative estimate of drug-likeness (QED) is 0.693. The van der Waals surface area contributed by atoms with E-state index in [0.29, 0.717) is 5.41 Å². The Bertz CT molecular complexity index is 146. The van der Waals surface area contributed by atoms with Crippen LogP contribution in [0.5, 0.6) is 0 Å². The maximum absolute atomic E-state index is 10.7. The van der Waals surface area contributed by atoms with Crippen molar-refractivity contribution in [1.82, 2.24) is 0 Å². The van der Waals surface area contributed by atoms with Crippen LogP contribution in [0.2, 0.25) is 0 Å². The number of rotatable bonds is 4. The number of hydrogen-bond donors (Lipinski definition) is 1. The van der Waals surface area contributed by atoms with Crippen LogP contribution in [0.25, 0.3) is 0 Å². The second-order valence-corrected chi connectivity index (χ2v) is 4.76. The first-order chi connectivity index (χ1) is 5.33. The monoisotopic (exact) mass is 171 g/mol. The van der Waals surface area contributed by atoms with Crippen LogP contribution in [-0.2, 0) is 4.79 Å². The molecule has 0 aromatic heterocycles. The number of primary amides is 1. The van der Waals surface area contributed by atoms with Gasteiger partial charge in [0.25, 0.3) is 0 Å². The Morgan fingerprint density at radius 2 is 1.92 bits per heavy atom.